The number of carbonyl (C=O) groups excluding carboxylic acids is 3. The number of rotatable bonds is 8. The molecule has 2 aromatic heterocycles. The molecule has 4 atom stereocenters. The number of nitrogens with one attached hydrogen (secondary N) is 2. The van der Waals surface area contributed by atoms with Gasteiger partial charge < -0.3 is 19.3 Å². The predicted molar refractivity (Wildman–Crippen MR) is 155 cm³/mol. The molecule has 0 saturated carbocycles. The van der Waals surface area contributed by atoms with Crippen molar-refractivity contribution in [3.05, 3.63) is 124 Å². The van der Waals surface area contributed by atoms with Gasteiger partial charge in [0.2, 0.25) is 5.95 Å². The van der Waals surface area contributed by atoms with Crippen LogP contribution in [0.3, 0.4) is 0 Å². The largest absolute Gasteiger partial charge is 0.459 e. The van der Waals surface area contributed by atoms with Crippen LogP contribution in [0.4, 0.5) is 5.95 Å². The number of esters is 2. The van der Waals surface area contributed by atoms with Crippen molar-refractivity contribution in [2.75, 3.05) is 11.9 Å². The number of anilines is 1. The molecule has 0 radical (unpaired) electrons. The molecule has 13 nitrogen and oxygen atoms in total. The van der Waals surface area contributed by atoms with Crippen molar-refractivity contribution in [2.45, 2.75) is 24.5 Å². The molecule has 0 spiro atoms. The number of hydrogen-bond donors (Lipinski definition) is 3. The maximum atomic E-state index is 13.0. The van der Waals surface area contributed by atoms with Gasteiger partial charge in [0, 0.05) is 5.56 Å². The molecule has 0 bridgehead atoms. The van der Waals surface area contributed by atoms with E-state index >= 15 is 0 Å². The van der Waals surface area contributed by atoms with Crippen molar-refractivity contribution < 1.29 is 33.7 Å². The van der Waals surface area contributed by atoms with Crippen LogP contribution in [0.2, 0.25) is 0 Å². The van der Waals surface area contributed by atoms with Gasteiger partial charge in [-0.1, -0.05) is 54.6 Å². The summed E-state index contributed by atoms with van der Waals surface area (Å²) in [5, 5.41) is 13.9. The number of aliphatic hydroxyl groups is 1. The Balaban J connectivity index is 1.28. The Bertz CT molecular complexity index is 1860. The van der Waals surface area contributed by atoms with E-state index < -0.39 is 47.9 Å². The summed E-state index contributed by atoms with van der Waals surface area (Å²) in [6.45, 7) is -0.368. The molecule has 6 rings (SSSR count). The highest BCUT2D eigenvalue weighted by atomic mass is 16.6. The molecule has 1 amide bonds. The van der Waals surface area contributed by atoms with Gasteiger partial charge in [0.05, 0.1) is 17.5 Å². The quantitative estimate of drug-likeness (QED) is 0.226. The summed E-state index contributed by atoms with van der Waals surface area (Å²) in [4.78, 5) is 62.0. The fourth-order valence-electron chi connectivity index (χ4n) is 4.75. The van der Waals surface area contributed by atoms with Crippen LogP contribution in [0, 0.1) is 0 Å². The van der Waals surface area contributed by atoms with Crippen LogP contribution < -0.4 is 10.9 Å². The third-order valence-corrected chi connectivity index (χ3v) is 6.92. The van der Waals surface area contributed by atoms with E-state index in [1.807, 2.05) is 0 Å². The maximum Gasteiger partial charge on any atom is 0.338 e. The molecule has 44 heavy (non-hydrogen) atoms. The van der Waals surface area contributed by atoms with Gasteiger partial charge >= 0.3 is 11.9 Å². The summed E-state index contributed by atoms with van der Waals surface area (Å²) in [6.07, 6.45) is -3.91. The van der Waals surface area contributed by atoms with Gasteiger partial charge in [-0.05, 0) is 36.4 Å². The third-order valence-electron chi connectivity index (χ3n) is 6.92. The summed E-state index contributed by atoms with van der Waals surface area (Å²) in [5.41, 5.74) is 0.128. The van der Waals surface area contributed by atoms with Crippen LogP contribution in [-0.2, 0) is 14.2 Å². The van der Waals surface area contributed by atoms with Crippen molar-refractivity contribution in [2.24, 2.45) is 0 Å². The molecule has 3 heterocycles. The number of amides is 1. The number of nitrogens with zero attached hydrogens (tertiary/aromatic N) is 3. The van der Waals surface area contributed by atoms with Crippen LogP contribution in [0.1, 0.15) is 37.3 Å². The van der Waals surface area contributed by atoms with Crippen LogP contribution in [0.25, 0.3) is 11.2 Å². The first-order valence-electron chi connectivity index (χ1n) is 13.5. The number of H-pyrrole nitrogens is 1. The molecule has 5 aromatic rings. The number of fused-ring (bicyclic) bond motifs is 1. The van der Waals surface area contributed by atoms with Crippen molar-refractivity contribution in [3.63, 3.8) is 0 Å². The van der Waals surface area contributed by atoms with Crippen molar-refractivity contribution in [3.8, 4) is 0 Å². The minimum atomic E-state index is -1.50. The van der Waals surface area contributed by atoms with Crippen molar-refractivity contribution in [1.29, 1.82) is 0 Å². The number of aromatic nitrogens is 4. The van der Waals surface area contributed by atoms with E-state index in [0.717, 1.165) is 0 Å². The smallest absolute Gasteiger partial charge is 0.338 e. The van der Waals surface area contributed by atoms with Crippen molar-refractivity contribution in [1.82, 2.24) is 19.5 Å². The molecule has 1 aliphatic heterocycles. The maximum absolute atomic E-state index is 13.0. The van der Waals surface area contributed by atoms with E-state index in [2.05, 4.69) is 20.3 Å². The highest BCUT2D eigenvalue weighted by molar-refractivity contribution is 6.03. The summed E-state index contributed by atoms with van der Waals surface area (Å²) in [6, 6.07) is 24.8. The Morgan fingerprint density at radius 1 is 0.886 bits per heavy atom. The zero-order chi connectivity index (χ0) is 30.6. The molecule has 222 valence electrons. The zero-order valence-electron chi connectivity index (χ0n) is 22.9. The minimum absolute atomic E-state index is 0.0174. The van der Waals surface area contributed by atoms with Gasteiger partial charge in [-0.2, -0.15) is 4.98 Å². The average molecular weight is 596 g/mol. The lowest BCUT2D eigenvalue weighted by molar-refractivity contribution is -0.0585. The fraction of sp³-hybridized carbons (Fsp3) is 0.161. The predicted octanol–water partition coefficient (Wildman–Crippen LogP) is 2.71. The average Bonchev–Trinajstić information content (AvgIpc) is 3.61. The van der Waals surface area contributed by atoms with E-state index in [-0.39, 0.29) is 29.3 Å². The van der Waals surface area contributed by atoms with Gasteiger partial charge in [-0.15, -0.1) is 0 Å². The highest BCUT2D eigenvalue weighted by Gasteiger charge is 2.48. The number of hydrogen-bond acceptors (Lipinski definition) is 10. The molecular weight excluding hydrogens is 570 g/mol. The fourth-order valence-corrected chi connectivity index (χ4v) is 4.75. The molecule has 1 saturated heterocycles. The van der Waals surface area contributed by atoms with Crippen LogP contribution >= 0.6 is 0 Å². The van der Waals surface area contributed by atoms with Gasteiger partial charge in [0.1, 0.15) is 18.8 Å². The van der Waals surface area contributed by atoms with Gasteiger partial charge in [-0.3, -0.25) is 24.5 Å². The number of aromatic amines is 1. The number of benzene rings is 3. The summed E-state index contributed by atoms with van der Waals surface area (Å²) in [7, 11) is 0. The van der Waals surface area contributed by atoms with Crippen LogP contribution in [-0.4, -0.2) is 67.4 Å². The Labute approximate surface area is 249 Å². The summed E-state index contributed by atoms with van der Waals surface area (Å²) >= 11 is 0. The normalized spacial score (nSPS) is 19.4. The molecular formula is C31H25N5O8. The SMILES string of the molecule is O=C(Nc1nc2c(ncn2[C@@H]2O[C@H](COC(=O)c3ccccc3)[C@@H](OC(=O)c3ccccc3)[C@@H]2O)c(=O)[nH]1)c1ccccc1. The second-order valence-electron chi connectivity index (χ2n) is 9.81. The number of carbonyl (C=O) groups is 3. The Hall–Kier alpha value is -5.66. The molecule has 0 unspecified atom stereocenters. The standard InChI is InChI=1S/C31H25N5O8/c37-23-24(44-30(41)20-14-8-3-9-15-20)21(16-42-29(40)19-12-6-2-7-13-19)43-28(23)36-17-32-22-25(36)33-31(35-27(22)39)34-26(38)18-10-4-1-5-11-18/h1-15,17,21,23-24,28,37H,16H2,(H2,33,34,35,38,39)/t21-,23+,24-,28-/m1/s1. The topological polar surface area (TPSA) is 175 Å². The first-order chi connectivity index (χ1) is 21.4. The highest BCUT2D eigenvalue weighted by Crippen LogP contribution is 2.34. The minimum Gasteiger partial charge on any atom is -0.459 e. The second-order valence-corrected chi connectivity index (χ2v) is 9.81. The lowest BCUT2D eigenvalue weighted by atomic mass is 10.1. The Morgan fingerprint density at radius 3 is 2.11 bits per heavy atom. The van der Waals surface area contributed by atoms with Crippen LogP contribution in [0.5, 0.6) is 0 Å². The van der Waals surface area contributed by atoms with Gasteiger partial charge in [0.15, 0.2) is 23.5 Å². The molecule has 3 N–H and O–H groups in total. The van der Waals surface area contributed by atoms with E-state index in [4.69, 9.17) is 14.2 Å². The first kappa shape index (κ1) is 28.5. The van der Waals surface area contributed by atoms with E-state index in [1.54, 1.807) is 91.0 Å². The second kappa shape index (κ2) is 12.3. The molecule has 3 aromatic carbocycles. The van der Waals surface area contributed by atoms with E-state index in [1.165, 1.54) is 10.9 Å². The molecule has 0 aliphatic carbocycles. The number of imidazole rings is 1. The lowest BCUT2D eigenvalue weighted by Gasteiger charge is -2.20. The molecule has 13 heteroatoms. The monoisotopic (exact) mass is 595 g/mol. The number of aliphatic hydroxyl groups excluding tert-OH is 1. The zero-order valence-corrected chi connectivity index (χ0v) is 22.9. The Morgan fingerprint density at radius 2 is 1.48 bits per heavy atom. The Kier molecular flexibility index (Phi) is 7.95. The molecule has 1 aliphatic rings. The van der Waals surface area contributed by atoms with E-state index in [9.17, 15) is 24.3 Å². The first-order valence-corrected chi connectivity index (χ1v) is 13.5. The van der Waals surface area contributed by atoms with Crippen molar-refractivity contribution >= 4 is 35.0 Å². The molecule has 1 fully saturated rings. The van der Waals surface area contributed by atoms with Crippen LogP contribution in [0.15, 0.2) is 102 Å². The van der Waals surface area contributed by atoms with Gasteiger partial charge in [-0.25, -0.2) is 14.6 Å². The third kappa shape index (κ3) is 5.82. The summed E-state index contributed by atoms with van der Waals surface area (Å²) in [5.74, 6) is -2.04. The lowest BCUT2D eigenvalue weighted by Crippen LogP contribution is -2.38. The summed E-state index contributed by atoms with van der Waals surface area (Å²) < 4.78 is 18.5. The van der Waals surface area contributed by atoms with E-state index in [0.29, 0.717) is 11.1 Å². The van der Waals surface area contributed by atoms with Gasteiger partial charge in [0.25, 0.3) is 11.5 Å². The number of ether oxygens (including phenoxy) is 3.